The molecule has 44 heavy (non-hydrogen) atoms. The van der Waals surface area contributed by atoms with Gasteiger partial charge in [-0.3, -0.25) is 0 Å². The molecule has 1 aliphatic rings. The summed E-state index contributed by atoms with van der Waals surface area (Å²) in [7, 11) is 0. The van der Waals surface area contributed by atoms with Crippen LogP contribution in [0.1, 0.15) is 111 Å². The molecule has 4 nitrogen and oxygen atoms in total. The van der Waals surface area contributed by atoms with E-state index in [0.29, 0.717) is 0 Å². The predicted octanol–water partition coefficient (Wildman–Crippen LogP) is 8.39. The van der Waals surface area contributed by atoms with Crippen LogP contribution in [-0.4, -0.2) is 0 Å². The van der Waals surface area contributed by atoms with E-state index in [9.17, 15) is 0 Å². The maximum Gasteiger partial charge on any atom is 0.0379 e. The number of benzene rings is 4. The monoisotopic (exact) mass is 588 g/mol. The van der Waals surface area contributed by atoms with Crippen LogP contribution < -0.4 is 22.9 Å². The smallest absolute Gasteiger partial charge is 0.0379 e. The third-order valence-electron chi connectivity index (χ3n) is 11.9. The summed E-state index contributed by atoms with van der Waals surface area (Å²) in [5, 5.41) is 0. The van der Waals surface area contributed by atoms with Crippen molar-refractivity contribution in [2.75, 3.05) is 22.9 Å². The van der Waals surface area contributed by atoms with Gasteiger partial charge in [0.15, 0.2) is 0 Å². The predicted molar refractivity (Wildman–Crippen MR) is 191 cm³/mol. The number of fused-ring (bicyclic) bond motifs is 8. The van der Waals surface area contributed by atoms with Gasteiger partial charge in [0.25, 0.3) is 0 Å². The molecule has 4 aromatic rings. The average Bonchev–Trinajstić information content (AvgIpc) is 2.99. The Morgan fingerprint density at radius 1 is 0.227 bits per heavy atom. The molecule has 0 spiro atoms. The van der Waals surface area contributed by atoms with Crippen molar-refractivity contribution in [3.8, 4) is 0 Å². The molecule has 0 saturated carbocycles. The third kappa shape index (κ3) is 4.48. The molecule has 0 atom stereocenters. The van der Waals surface area contributed by atoms with E-state index < -0.39 is 0 Å². The minimum absolute atomic E-state index is 0.794. The molecule has 4 aromatic carbocycles. The van der Waals surface area contributed by atoms with Crippen molar-refractivity contribution in [1.82, 2.24) is 0 Å². The van der Waals surface area contributed by atoms with Crippen molar-refractivity contribution in [1.29, 1.82) is 0 Å². The van der Waals surface area contributed by atoms with Gasteiger partial charge in [0.2, 0.25) is 0 Å². The highest BCUT2D eigenvalue weighted by atomic mass is 14.6. The molecule has 1 aliphatic carbocycles. The minimum Gasteiger partial charge on any atom is -0.398 e. The van der Waals surface area contributed by atoms with E-state index in [1.54, 1.807) is 0 Å². The van der Waals surface area contributed by atoms with E-state index in [-0.39, 0.29) is 0 Å². The van der Waals surface area contributed by atoms with Crippen molar-refractivity contribution < 1.29 is 0 Å². The van der Waals surface area contributed by atoms with Gasteiger partial charge in [0.1, 0.15) is 0 Å². The van der Waals surface area contributed by atoms with Crippen LogP contribution in [-0.2, 0) is 25.7 Å². The summed E-state index contributed by atoms with van der Waals surface area (Å²) in [5.74, 6) is 0. The van der Waals surface area contributed by atoms with Crippen molar-refractivity contribution in [2.24, 2.45) is 0 Å². The second-order valence-electron chi connectivity index (χ2n) is 13.7. The van der Waals surface area contributed by atoms with Crippen LogP contribution in [0.15, 0.2) is 0 Å². The molecule has 0 radical (unpaired) electrons. The van der Waals surface area contributed by atoms with Crippen LogP contribution in [0.5, 0.6) is 0 Å². The number of anilines is 4. The first kappa shape index (κ1) is 31.5. The molecule has 0 heterocycles. The van der Waals surface area contributed by atoms with Crippen molar-refractivity contribution in [3.63, 3.8) is 0 Å². The zero-order valence-electron chi connectivity index (χ0n) is 29.1. The molecule has 4 heteroatoms. The Kier molecular flexibility index (Phi) is 7.81. The van der Waals surface area contributed by atoms with Gasteiger partial charge in [-0.15, -0.1) is 0 Å². The lowest BCUT2D eigenvalue weighted by atomic mass is 9.78. The van der Waals surface area contributed by atoms with Gasteiger partial charge in [0.05, 0.1) is 0 Å². The Labute approximate surface area is 265 Å². The number of hydrogen-bond acceptors (Lipinski definition) is 4. The summed E-state index contributed by atoms with van der Waals surface area (Å²) in [6, 6.07) is 0. The largest absolute Gasteiger partial charge is 0.398 e. The second-order valence-corrected chi connectivity index (χ2v) is 13.7. The van der Waals surface area contributed by atoms with Gasteiger partial charge < -0.3 is 22.9 Å². The molecule has 0 unspecified atom stereocenters. The van der Waals surface area contributed by atoms with Crippen LogP contribution >= 0.6 is 0 Å². The zero-order chi connectivity index (χ0) is 32.7. The van der Waals surface area contributed by atoms with Crippen LogP contribution in [0.4, 0.5) is 22.7 Å². The van der Waals surface area contributed by atoms with E-state index >= 15 is 0 Å². The van der Waals surface area contributed by atoms with E-state index in [4.69, 9.17) is 22.9 Å². The van der Waals surface area contributed by atoms with Gasteiger partial charge >= 0.3 is 0 Å². The summed E-state index contributed by atoms with van der Waals surface area (Å²) in [5.41, 5.74) is 56.3. The summed E-state index contributed by atoms with van der Waals surface area (Å²) >= 11 is 0. The first-order valence-corrected chi connectivity index (χ1v) is 16.0. The van der Waals surface area contributed by atoms with Crippen molar-refractivity contribution in [3.05, 3.63) is 111 Å². The summed E-state index contributed by atoms with van der Waals surface area (Å²) in [4.78, 5) is 0. The molecule has 8 N–H and O–H groups in total. The van der Waals surface area contributed by atoms with Crippen LogP contribution in [0.25, 0.3) is 0 Å². The average molecular weight is 589 g/mol. The van der Waals surface area contributed by atoms with E-state index in [0.717, 1.165) is 48.4 Å². The highest BCUT2D eigenvalue weighted by Gasteiger charge is 2.26. The molecule has 8 bridgehead atoms. The first-order chi connectivity index (χ1) is 20.5. The Morgan fingerprint density at radius 2 is 0.341 bits per heavy atom. The molecule has 0 aliphatic heterocycles. The van der Waals surface area contributed by atoms with E-state index in [1.165, 1.54) is 111 Å². The van der Waals surface area contributed by atoms with Crippen molar-refractivity contribution in [2.45, 2.75) is 109 Å². The number of nitrogens with two attached hydrogens (primary N) is 4. The number of hydrogen-bond donors (Lipinski definition) is 4. The highest BCUT2D eigenvalue weighted by molar-refractivity contribution is 5.71. The molecule has 232 valence electrons. The van der Waals surface area contributed by atoms with Crippen molar-refractivity contribution >= 4 is 22.7 Å². The second kappa shape index (κ2) is 10.9. The molecule has 0 amide bonds. The zero-order valence-corrected chi connectivity index (χ0v) is 29.1. The lowest BCUT2D eigenvalue weighted by molar-refractivity contribution is 0.976. The number of nitrogen functional groups attached to an aromatic ring is 4. The quantitative estimate of drug-likeness (QED) is 0.136. The van der Waals surface area contributed by atoms with Crippen LogP contribution in [0.2, 0.25) is 0 Å². The van der Waals surface area contributed by atoms with Gasteiger partial charge in [-0.25, -0.2) is 0 Å². The fraction of sp³-hybridized carbons (Fsp3) is 0.400. The first-order valence-electron chi connectivity index (χ1n) is 16.0. The molecular weight excluding hydrogens is 536 g/mol. The van der Waals surface area contributed by atoms with Crippen LogP contribution in [0.3, 0.4) is 0 Å². The summed E-state index contributed by atoms with van der Waals surface area (Å²) in [6.07, 6.45) is 3.18. The molecule has 0 fully saturated rings. The van der Waals surface area contributed by atoms with Gasteiger partial charge in [-0.2, -0.15) is 0 Å². The van der Waals surface area contributed by atoms with Gasteiger partial charge in [-0.1, -0.05) is 0 Å². The van der Waals surface area contributed by atoms with Crippen LogP contribution in [0, 0.1) is 83.1 Å². The third-order valence-corrected chi connectivity index (χ3v) is 11.9. The van der Waals surface area contributed by atoms with E-state index in [2.05, 4.69) is 83.1 Å². The Balaban J connectivity index is 1.96. The Hall–Kier alpha value is -3.92. The molecule has 5 rings (SSSR count). The lowest BCUT2D eigenvalue weighted by Crippen LogP contribution is -2.15. The SMILES string of the molecule is Cc1c(N)c(C)c2c(C)c1Cc1c(C)c(N)c(C)c(c1C)Cc1c(C)c(N)c(C)c(c1C)Cc1c(C)c(N)c(C)c(c1C)C2. The molecule has 0 saturated heterocycles. The minimum atomic E-state index is 0.794. The van der Waals surface area contributed by atoms with Gasteiger partial charge in [-0.05, 0) is 220 Å². The fourth-order valence-corrected chi connectivity index (χ4v) is 8.23. The highest BCUT2D eigenvalue weighted by Crippen LogP contribution is 2.41. The molecular formula is C40H52N4. The number of rotatable bonds is 0. The normalized spacial score (nSPS) is 13.0. The molecule has 0 aromatic heterocycles. The topological polar surface area (TPSA) is 104 Å². The summed E-state index contributed by atoms with van der Waals surface area (Å²) in [6.45, 7) is 26.5. The lowest BCUT2D eigenvalue weighted by Gasteiger charge is -2.28. The van der Waals surface area contributed by atoms with Gasteiger partial charge in [0, 0.05) is 22.7 Å². The Bertz CT molecular complexity index is 1510. The maximum atomic E-state index is 6.91. The fourth-order valence-electron chi connectivity index (χ4n) is 8.23. The Morgan fingerprint density at radius 3 is 0.455 bits per heavy atom. The maximum absolute atomic E-state index is 6.91. The van der Waals surface area contributed by atoms with E-state index in [1.807, 2.05) is 0 Å². The summed E-state index contributed by atoms with van der Waals surface area (Å²) < 4.78 is 0. The standard InChI is InChI=1S/C40H52N4/c1-17-29-13-31-18(2)33(25(9)38(42)23(31)7)15-35-20(4)36(28(12)40(44)27(35)11)16-34-19(3)32(24(8)39(43)26(34)10)14-30(17)22(6)37(41)21(29)5/h13-16,41-44H2,1-12H3.